The Hall–Kier alpha value is -3.75. The fraction of sp³-hybridized carbons (Fsp3) is 0. The molecule has 140 valence electrons. The highest BCUT2D eigenvalue weighted by Gasteiger charge is 2.25. The first kappa shape index (κ1) is 17.7. The van der Waals surface area contributed by atoms with Crippen molar-refractivity contribution in [2.24, 2.45) is 0 Å². The van der Waals surface area contributed by atoms with Crippen molar-refractivity contribution in [1.29, 1.82) is 0 Å². The van der Waals surface area contributed by atoms with Crippen molar-refractivity contribution in [1.82, 2.24) is 4.98 Å². The first-order valence-corrected chi connectivity index (χ1v) is 7.94. The molecule has 0 aliphatic carbocycles. The van der Waals surface area contributed by atoms with Gasteiger partial charge in [0.05, 0.1) is 21.5 Å². The third kappa shape index (κ3) is 2.68. The fourth-order valence-electron chi connectivity index (χ4n) is 2.93. The number of para-hydroxylation sites is 1. The molecule has 3 aromatic carbocycles. The molecule has 0 aliphatic rings. The molecule has 0 radical (unpaired) electrons. The fourth-order valence-corrected chi connectivity index (χ4v) is 2.93. The molecule has 4 aromatic rings. The standard InChI is InChI=1S/C19H9F4N3O2/c20-14-13-18(24-9-5-7-10(8-6-9)26(27)28)11-3-1-2-4-12(11)25-19(13)17(23)16(22)15(14)21/h1-8H,(H,24,25). The number of aromatic nitrogens is 1. The summed E-state index contributed by atoms with van der Waals surface area (Å²) in [6.07, 6.45) is 0. The number of nitro benzene ring substituents is 1. The number of rotatable bonds is 3. The number of benzene rings is 3. The number of nitro groups is 1. The van der Waals surface area contributed by atoms with Gasteiger partial charge in [0.25, 0.3) is 5.69 Å². The highest BCUT2D eigenvalue weighted by atomic mass is 19.2. The van der Waals surface area contributed by atoms with Crippen molar-refractivity contribution in [3.05, 3.63) is 81.9 Å². The monoisotopic (exact) mass is 387 g/mol. The molecule has 0 saturated heterocycles. The summed E-state index contributed by atoms with van der Waals surface area (Å²) in [5, 5.41) is 13.4. The van der Waals surface area contributed by atoms with E-state index in [1.54, 1.807) is 18.2 Å². The van der Waals surface area contributed by atoms with Gasteiger partial charge in [-0.2, -0.15) is 0 Å². The van der Waals surface area contributed by atoms with Crippen LogP contribution in [0.3, 0.4) is 0 Å². The van der Waals surface area contributed by atoms with Crippen LogP contribution in [0.2, 0.25) is 0 Å². The summed E-state index contributed by atoms with van der Waals surface area (Å²) in [6.45, 7) is 0. The SMILES string of the molecule is O=[N+]([O-])c1ccc(Nc2c3ccccc3nc3c(F)c(F)c(F)c(F)c23)cc1. The van der Waals surface area contributed by atoms with Crippen LogP contribution in [0.25, 0.3) is 21.8 Å². The lowest BCUT2D eigenvalue weighted by molar-refractivity contribution is -0.384. The summed E-state index contributed by atoms with van der Waals surface area (Å²) in [7, 11) is 0. The number of hydrogen-bond donors (Lipinski definition) is 1. The predicted molar refractivity (Wildman–Crippen MR) is 95.5 cm³/mol. The van der Waals surface area contributed by atoms with Crippen LogP contribution in [0.15, 0.2) is 48.5 Å². The molecule has 0 unspecified atom stereocenters. The molecular formula is C19H9F4N3O2. The molecule has 1 aromatic heterocycles. The summed E-state index contributed by atoms with van der Waals surface area (Å²) in [6, 6.07) is 11.4. The number of anilines is 2. The van der Waals surface area contributed by atoms with Crippen LogP contribution >= 0.6 is 0 Å². The summed E-state index contributed by atoms with van der Waals surface area (Å²) in [4.78, 5) is 14.1. The minimum atomic E-state index is -1.95. The normalized spacial score (nSPS) is 11.1. The van der Waals surface area contributed by atoms with Gasteiger partial charge in [0.2, 0.25) is 0 Å². The van der Waals surface area contributed by atoms with Gasteiger partial charge < -0.3 is 5.32 Å². The van der Waals surface area contributed by atoms with E-state index in [1.807, 2.05) is 0 Å². The zero-order valence-corrected chi connectivity index (χ0v) is 13.8. The average Bonchev–Trinajstić information content (AvgIpc) is 2.70. The van der Waals surface area contributed by atoms with Crippen molar-refractivity contribution in [2.45, 2.75) is 0 Å². The van der Waals surface area contributed by atoms with Gasteiger partial charge in [0.1, 0.15) is 5.52 Å². The number of halogens is 4. The molecule has 28 heavy (non-hydrogen) atoms. The molecule has 5 nitrogen and oxygen atoms in total. The lowest BCUT2D eigenvalue weighted by Crippen LogP contribution is -2.04. The van der Waals surface area contributed by atoms with Gasteiger partial charge in [-0.05, 0) is 18.2 Å². The van der Waals surface area contributed by atoms with Crippen molar-refractivity contribution < 1.29 is 22.5 Å². The summed E-state index contributed by atoms with van der Waals surface area (Å²) >= 11 is 0. The Morgan fingerprint density at radius 1 is 0.857 bits per heavy atom. The lowest BCUT2D eigenvalue weighted by atomic mass is 10.1. The van der Waals surface area contributed by atoms with Gasteiger partial charge in [0.15, 0.2) is 23.3 Å². The van der Waals surface area contributed by atoms with Gasteiger partial charge in [-0.3, -0.25) is 10.1 Å². The third-order valence-corrected chi connectivity index (χ3v) is 4.25. The van der Waals surface area contributed by atoms with Gasteiger partial charge in [-0.1, -0.05) is 18.2 Å². The smallest absolute Gasteiger partial charge is 0.269 e. The van der Waals surface area contributed by atoms with Crippen LogP contribution in [0.4, 0.5) is 34.6 Å². The Kier molecular flexibility index (Phi) is 4.07. The van der Waals surface area contributed by atoms with E-state index in [9.17, 15) is 27.7 Å². The van der Waals surface area contributed by atoms with Crippen LogP contribution in [0, 0.1) is 33.4 Å². The predicted octanol–water partition coefficient (Wildman–Crippen LogP) is 5.60. The minimum Gasteiger partial charge on any atom is -0.354 e. The van der Waals surface area contributed by atoms with E-state index in [-0.39, 0.29) is 16.9 Å². The summed E-state index contributed by atoms with van der Waals surface area (Å²) < 4.78 is 56.4. The number of non-ortho nitro benzene ring substituents is 1. The quantitative estimate of drug-likeness (QED) is 0.124. The molecular weight excluding hydrogens is 378 g/mol. The maximum atomic E-state index is 14.5. The van der Waals surface area contributed by atoms with Crippen LogP contribution < -0.4 is 5.32 Å². The van der Waals surface area contributed by atoms with E-state index in [0.717, 1.165) is 0 Å². The van der Waals surface area contributed by atoms with Crippen LogP contribution in [0.5, 0.6) is 0 Å². The van der Waals surface area contributed by atoms with Crippen LogP contribution in [0.1, 0.15) is 0 Å². The van der Waals surface area contributed by atoms with E-state index in [0.29, 0.717) is 11.1 Å². The lowest BCUT2D eigenvalue weighted by Gasteiger charge is -2.15. The van der Waals surface area contributed by atoms with Gasteiger partial charge in [0, 0.05) is 23.2 Å². The average molecular weight is 387 g/mol. The highest BCUT2D eigenvalue weighted by Crippen LogP contribution is 2.37. The first-order valence-electron chi connectivity index (χ1n) is 7.94. The molecule has 0 saturated carbocycles. The van der Waals surface area contributed by atoms with E-state index < -0.39 is 39.1 Å². The number of hydrogen-bond acceptors (Lipinski definition) is 4. The van der Waals surface area contributed by atoms with Crippen molar-refractivity contribution in [3.8, 4) is 0 Å². The molecule has 1 N–H and O–H groups in total. The number of nitrogens with zero attached hydrogens (tertiary/aromatic N) is 2. The Morgan fingerprint density at radius 2 is 1.50 bits per heavy atom. The maximum absolute atomic E-state index is 14.5. The van der Waals surface area contributed by atoms with Crippen molar-refractivity contribution in [3.63, 3.8) is 0 Å². The largest absolute Gasteiger partial charge is 0.354 e. The van der Waals surface area contributed by atoms with Crippen LogP contribution in [-0.2, 0) is 0 Å². The van der Waals surface area contributed by atoms with E-state index >= 15 is 0 Å². The zero-order chi connectivity index (χ0) is 20.0. The molecule has 0 amide bonds. The molecule has 4 rings (SSSR count). The second-order valence-electron chi connectivity index (χ2n) is 5.91. The van der Waals surface area contributed by atoms with Gasteiger partial charge >= 0.3 is 0 Å². The van der Waals surface area contributed by atoms with Gasteiger partial charge in [-0.15, -0.1) is 0 Å². The second kappa shape index (κ2) is 6.45. The zero-order valence-electron chi connectivity index (χ0n) is 13.8. The Bertz CT molecular complexity index is 1260. The number of pyridine rings is 1. The summed E-state index contributed by atoms with van der Waals surface area (Å²) in [5.74, 6) is -7.09. The highest BCUT2D eigenvalue weighted by molar-refractivity contribution is 6.09. The molecule has 0 fully saturated rings. The van der Waals surface area contributed by atoms with Crippen molar-refractivity contribution >= 4 is 38.9 Å². The van der Waals surface area contributed by atoms with E-state index in [2.05, 4.69) is 10.3 Å². The van der Waals surface area contributed by atoms with Gasteiger partial charge in [-0.25, -0.2) is 22.5 Å². The Labute approximate surface area is 154 Å². The van der Waals surface area contributed by atoms with E-state index in [4.69, 9.17) is 0 Å². The molecule has 0 atom stereocenters. The van der Waals surface area contributed by atoms with Crippen molar-refractivity contribution in [2.75, 3.05) is 5.32 Å². The van der Waals surface area contributed by atoms with Crippen LogP contribution in [-0.4, -0.2) is 9.91 Å². The Balaban J connectivity index is 2.02. The maximum Gasteiger partial charge on any atom is 0.269 e. The molecule has 1 heterocycles. The molecule has 0 spiro atoms. The topological polar surface area (TPSA) is 68.1 Å². The molecule has 9 heteroatoms. The number of nitrogens with one attached hydrogen (secondary N) is 1. The molecule has 0 bridgehead atoms. The van der Waals surface area contributed by atoms with E-state index in [1.165, 1.54) is 30.3 Å². The molecule has 0 aliphatic heterocycles. The first-order chi connectivity index (χ1) is 13.4. The number of fused-ring (bicyclic) bond motifs is 2. The minimum absolute atomic E-state index is 0.0373. The summed E-state index contributed by atoms with van der Waals surface area (Å²) in [5.41, 5.74) is -0.346. The second-order valence-corrected chi connectivity index (χ2v) is 5.91. The Morgan fingerprint density at radius 3 is 2.18 bits per heavy atom. The third-order valence-electron chi connectivity index (χ3n) is 4.25.